The van der Waals surface area contributed by atoms with Crippen LogP contribution in [0, 0.1) is 0 Å². The van der Waals surface area contributed by atoms with Crippen LogP contribution in [0.5, 0.6) is 138 Å². The average Bonchev–Trinajstić information content (AvgIpc) is 3.66. The van der Waals surface area contributed by atoms with E-state index in [2.05, 4.69) is 0 Å². The molecule has 0 aliphatic rings. The number of phenols is 24. The van der Waals surface area contributed by atoms with E-state index in [0.29, 0.717) is 0 Å². The van der Waals surface area contributed by atoms with Crippen molar-refractivity contribution in [3.05, 3.63) is 0 Å². The SMILES string of the molecule is Oc1c(O)c(O)c(-c2c(O)c(O)c(O)c(-c3c4c(O)c(O)c(O)c(O)c4c(-c4c(O)c(O)c(O)c5oc6c(O)c(O)c(O)c(O)c6c45)c4c(O)c(O)c(O)c(O)c34)c2O)c(O)c1O. The number of fused-ring (bicyclic) bond motifs is 5. The summed E-state index contributed by atoms with van der Waals surface area (Å²) in [6.07, 6.45) is 0. The van der Waals surface area contributed by atoms with Crippen molar-refractivity contribution in [3.63, 3.8) is 0 Å². The number of phenolic OH excluding ortho intramolecular Hbond substituents is 24. The smallest absolute Gasteiger partial charge is 0.208 e. The fourth-order valence-corrected chi connectivity index (χ4v) is 7.59. The Morgan fingerprint density at radius 1 is 0.143 bits per heavy atom. The number of hydrogen-bond donors (Lipinski definition) is 24. The molecular formula is C38H24O25. The predicted octanol–water partition coefficient (Wildman–Crippen LogP) is 3.83. The van der Waals surface area contributed by atoms with Gasteiger partial charge in [-0.1, -0.05) is 0 Å². The zero-order valence-electron chi connectivity index (χ0n) is 30.1. The van der Waals surface area contributed by atoms with Crippen LogP contribution in [-0.2, 0) is 0 Å². The Morgan fingerprint density at radius 3 is 0.730 bits per heavy atom. The van der Waals surface area contributed by atoms with Gasteiger partial charge < -0.3 is 127 Å². The van der Waals surface area contributed by atoms with Crippen molar-refractivity contribution in [2.75, 3.05) is 0 Å². The second-order valence-corrected chi connectivity index (χ2v) is 13.6. The number of furan rings is 1. The zero-order valence-corrected chi connectivity index (χ0v) is 30.1. The third kappa shape index (κ3) is 4.51. The minimum atomic E-state index is -1.82. The molecule has 8 aromatic rings. The maximum Gasteiger partial charge on any atom is 0.208 e. The molecule has 0 saturated carbocycles. The quantitative estimate of drug-likeness (QED) is 0.0681. The van der Waals surface area contributed by atoms with Gasteiger partial charge in [0.15, 0.2) is 68.7 Å². The summed E-state index contributed by atoms with van der Waals surface area (Å²) in [5.74, 6) is -39.9. The minimum absolute atomic E-state index is 1.02. The van der Waals surface area contributed by atoms with Gasteiger partial charge in [0.1, 0.15) is 5.75 Å². The molecule has 1 heterocycles. The van der Waals surface area contributed by atoms with Crippen molar-refractivity contribution in [1.82, 2.24) is 0 Å². The van der Waals surface area contributed by atoms with E-state index in [4.69, 9.17) is 4.42 Å². The Morgan fingerprint density at radius 2 is 0.349 bits per heavy atom. The summed E-state index contributed by atoms with van der Waals surface area (Å²) in [7, 11) is 0. The molecule has 25 heteroatoms. The second-order valence-electron chi connectivity index (χ2n) is 13.6. The minimum Gasteiger partial charge on any atom is -0.506 e. The monoisotopic (exact) mass is 880 g/mol. The summed E-state index contributed by atoms with van der Waals surface area (Å²) in [4.78, 5) is 0. The summed E-state index contributed by atoms with van der Waals surface area (Å²) in [5.41, 5.74) is -10.8. The van der Waals surface area contributed by atoms with E-state index < -0.39 is 215 Å². The fourth-order valence-electron chi connectivity index (χ4n) is 7.59. The molecule has 63 heavy (non-hydrogen) atoms. The standard InChI is InChI=1S/C38H24O25/c39-13-9(19(45)24(50)20(46)10(13)11-21(47)29(55)33(59)30(56)22(11)48)2-5-3(14(40)25(51)27(53)16(5)42)1(4-6(2)17(43)28(54)26(52)15(4)41)7-8-12-23(49)31(57)34(60)36(62)38(12)63-37(8)35(61)32(58)18(7)44/h39-62H. The van der Waals surface area contributed by atoms with Crippen molar-refractivity contribution in [2.45, 2.75) is 0 Å². The molecule has 0 spiro atoms. The van der Waals surface area contributed by atoms with Gasteiger partial charge in [0.2, 0.25) is 74.7 Å². The molecule has 326 valence electrons. The Labute approximate surface area is 341 Å². The maximum atomic E-state index is 11.9. The molecule has 0 aliphatic carbocycles. The van der Waals surface area contributed by atoms with E-state index in [1.165, 1.54) is 0 Å². The molecule has 0 radical (unpaired) electrons. The number of rotatable bonds is 3. The largest absolute Gasteiger partial charge is 0.506 e. The van der Waals surface area contributed by atoms with Gasteiger partial charge in [-0.2, -0.15) is 0 Å². The molecular weight excluding hydrogens is 856 g/mol. The summed E-state index contributed by atoms with van der Waals surface area (Å²) in [6, 6.07) is 0. The van der Waals surface area contributed by atoms with Gasteiger partial charge in [0.05, 0.1) is 22.1 Å². The molecule has 8 rings (SSSR count). The van der Waals surface area contributed by atoms with Crippen molar-refractivity contribution in [2.24, 2.45) is 0 Å². The zero-order chi connectivity index (χ0) is 46.6. The Balaban J connectivity index is 1.77. The van der Waals surface area contributed by atoms with Crippen LogP contribution in [0.3, 0.4) is 0 Å². The Bertz CT molecular complexity index is 3380. The molecule has 25 nitrogen and oxygen atoms in total. The van der Waals surface area contributed by atoms with Gasteiger partial charge in [-0.15, -0.1) is 0 Å². The molecule has 0 fully saturated rings. The first-order valence-corrected chi connectivity index (χ1v) is 16.8. The lowest BCUT2D eigenvalue weighted by Gasteiger charge is -2.25. The first-order valence-electron chi connectivity index (χ1n) is 16.8. The van der Waals surface area contributed by atoms with Gasteiger partial charge in [-0.3, -0.25) is 0 Å². The van der Waals surface area contributed by atoms with Crippen LogP contribution >= 0.6 is 0 Å². The van der Waals surface area contributed by atoms with Crippen LogP contribution < -0.4 is 0 Å². The molecule has 0 aliphatic heterocycles. The summed E-state index contributed by atoms with van der Waals surface area (Å²) >= 11 is 0. The van der Waals surface area contributed by atoms with E-state index in [0.717, 1.165) is 0 Å². The molecule has 1 aromatic heterocycles. The van der Waals surface area contributed by atoms with Gasteiger partial charge in [-0.25, -0.2) is 0 Å². The van der Waals surface area contributed by atoms with Gasteiger partial charge in [0.25, 0.3) is 0 Å². The van der Waals surface area contributed by atoms with Crippen LogP contribution in [0.1, 0.15) is 0 Å². The van der Waals surface area contributed by atoms with Crippen LogP contribution in [0.4, 0.5) is 0 Å². The number of aromatic hydroxyl groups is 24. The lowest BCUT2D eigenvalue weighted by atomic mass is 9.81. The number of benzene rings is 7. The fraction of sp³-hybridized carbons (Fsp3) is 0. The Kier molecular flexibility index (Phi) is 7.78. The molecule has 0 bridgehead atoms. The average molecular weight is 881 g/mol. The molecule has 0 saturated heterocycles. The second kappa shape index (κ2) is 12.3. The molecule has 0 atom stereocenters. The highest BCUT2D eigenvalue weighted by Crippen LogP contribution is 2.69. The van der Waals surface area contributed by atoms with Gasteiger partial charge >= 0.3 is 0 Å². The van der Waals surface area contributed by atoms with Gasteiger partial charge in [-0.05, 0) is 0 Å². The normalized spacial score (nSPS) is 11.7. The summed E-state index contributed by atoms with van der Waals surface area (Å²) < 4.78 is 5.38. The molecule has 7 aromatic carbocycles. The van der Waals surface area contributed by atoms with Crippen molar-refractivity contribution in [1.29, 1.82) is 0 Å². The molecule has 24 N–H and O–H groups in total. The topological polar surface area (TPSA) is 499 Å². The highest BCUT2D eigenvalue weighted by atomic mass is 16.4. The van der Waals surface area contributed by atoms with E-state index in [9.17, 15) is 123 Å². The third-order valence-electron chi connectivity index (χ3n) is 10.5. The van der Waals surface area contributed by atoms with Crippen LogP contribution in [0.15, 0.2) is 4.42 Å². The number of hydrogen-bond acceptors (Lipinski definition) is 25. The van der Waals surface area contributed by atoms with Crippen molar-refractivity contribution >= 4 is 43.5 Å². The van der Waals surface area contributed by atoms with Crippen LogP contribution in [0.2, 0.25) is 0 Å². The van der Waals surface area contributed by atoms with Crippen molar-refractivity contribution < 1.29 is 127 Å². The van der Waals surface area contributed by atoms with Crippen LogP contribution in [-0.4, -0.2) is 123 Å². The lowest BCUT2D eigenvalue weighted by Crippen LogP contribution is -1.97. The molecule has 0 amide bonds. The summed E-state index contributed by atoms with van der Waals surface area (Å²) in [5, 5.41) is 256. The van der Waals surface area contributed by atoms with E-state index in [1.54, 1.807) is 0 Å². The first-order chi connectivity index (χ1) is 29.3. The van der Waals surface area contributed by atoms with Gasteiger partial charge in [0, 0.05) is 43.6 Å². The summed E-state index contributed by atoms with van der Waals surface area (Å²) in [6.45, 7) is 0. The van der Waals surface area contributed by atoms with Crippen molar-refractivity contribution in [3.8, 4) is 171 Å². The van der Waals surface area contributed by atoms with E-state index in [-0.39, 0.29) is 0 Å². The van der Waals surface area contributed by atoms with E-state index >= 15 is 0 Å². The van der Waals surface area contributed by atoms with E-state index in [1.807, 2.05) is 0 Å². The highest BCUT2D eigenvalue weighted by molar-refractivity contribution is 6.34. The predicted molar refractivity (Wildman–Crippen MR) is 205 cm³/mol. The lowest BCUT2D eigenvalue weighted by molar-refractivity contribution is 0.329. The van der Waals surface area contributed by atoms with Crippen LogP contribution in [0.25, 0.3) is 76.9 Å². The third-order valence-corrected chi connectivity index (χ3v) is 10.5. The Hall–Kier alpha value is -9.94. The first kappa shape index (κ1) is 39.9. The molecule has 0 unspecified atom stereocenters. The maximum absolute atomic E-state index is 11.9. The highest BCUT2D eigenvalue weighted by Gasteiger charge is 2.40.